The van der Waals surface area contributed by atoms with Gasteiger partial charge in [-0.2, -0.15) is 0 Å². The standard InChI is InChI=1S/3C6H10O3.C4H9O.Zr/c3*1-2-3-5(7)4-6(8)9;1-2-3-4-5;/h3*2-4H2,1H3,(H,8,9);2-4H2,1H3;/q;;;-1;+4/p-3. The predicted molar refractivity (Wildman–Crippen MR) is 108 cm³/mol. The largest absolute Gasteiger partial charge is 4.00 e. The average Bonchev–Trinajstić information content (AvgIpc) is 2.62. The summed E-state index contributed by atoms with van der Waals surface area (Å²) >= 11 is 0. The Morgan fingerprint density at radius 2 is 0.758 bits per heavy atom. The third-order valence-electron chi connectivity index (χ3n) is 3.11. The van der Waals surface area contributed by atoms with Gasteiger partial charge < -0.3 is 34.8 Å². The van der Waals surface area contributed by atoms with Gasteiger partial charge in [0.2, 0.25) is 0 Å². The molecule has 0 aromatic carbocycles. The van der Waals surface area contributed by atoms with Gasteiger partial charge in [-0.05, 0) is 19.3 Å². The van der Waals surface area contributed by atoms with Crippen LogP contribution < -0.4 is 20.4 Å². The Morgan fingerprint density at radius 1 is 0.515 bits per heavy atom. The van der Waals surface area contributed by atoms with Crippen molar-refractivity contribution in [2.24, 2.45) is 0 Å². The van der Waals surface area contributed by atoms with Crippen LogP contribution in [0.15, 0.2) is 0 Å². The van der Waals surface area contributed by atoms with Gasteiger partial charge in [0.15, 0.2) is 0 Å². The molecule has 0 rings (SSSR count). The molecule has 0 atom stereocenters. The zero-order valence-electron chi connectivity index (χ0n) is 20.1. The SMILES string of the molecule is CCCC(=O)CC(=O)[O-].CCCC(=O)CC(=O)[O-].CCCC(=O)CC(=O)[O-].CCCC[O-].[Zr+4]. The molecule has 0 saturated carbocycles. The molecule has 0 heterocycles. The molecule has 0 unspecified atom stereocenters. The maximum atomic E-state index is 10.4. The molecule has 0 aromatic heterocycles. The fourth-order valence-electron chi connectivity index (χ4n) is 1.73. The molecule has 33 heavy (non-hydrogen) atoms. The van der Waals surface area contributed by atoms with E-state index in [1.54, 1.807) is 0 Å². The van der Waals surface area contributed by atoms with Crippen molar-refractivity contribution in [1.82, 2.24) is 0 Å². The minimum Gasteiger partial charge on any atom is -0.854 e. The van der Waals surface area contributed by atoms with Gasteiger partial charge in [0.25, 0.3) is 0 Å². The van der Waals surface area contributed by atoms with Gasteiger partial charge in [0, 0.05) is 56.4 Å². The molecule has 0 aromatic rings. The molecule has 0 radical (unpaired) electrons. The number of aliphatic carboxylic acids is 3. The molecule has 0 aliphatic carbocycles. The molecular weight excluding hydrogens is 515 g/mol. The van der Waals surface area contributed by atoms with Crippen molar-refractivity contribution in [3.63, 3.8) is 0 Å². The molecule has 11 heteroatoms. The van der Waals surface area contributed by atoms with Gasteiger partial charge in [0.1, 0.15) is 17.3 Å². The number of carbonyl (C=O) groups is 6. The summed E-state index contributed by atoms with van der Waals surface area (Å²) in [5.74, 6) is -4.61. The van der Waals surface area contributed by atoms with E-state index in [-0.39, 0.29) is 50.2 Å². The first kappa shape index (κ1) is 41.5. The van der Waals surface area contributed by atoms with Crippen LogP contribution in [-0.2, 0) is 55.0 Å². The van der Waals surface area contributed by atoms with Gasteiger partial charge in [-0.1, -0.05) is 40.5 Å². The Labute approximate surface area is 215 Å². The number of ketones is 3. The zero-order valence-corrected chi connectivity index (χ0v) is 22.5. The fourth-order valence-corrected chi connectivity index (χ4v) is 1.73. The topological polar surface area (TPSA) is 195 Å². The van der Waals surface area contributed by atoms with Crippen molar-refractivity contribution < 1.29 is 75.4 Å². The molecule has 0 aliphatic heterocycles. The maximum Gasteiger partial charge on any atom is 4.00 e. The third-order valence-corrected chi connectivity index (χ3v) is 3.11. The first-order valence-corrected chi connectivity index (χ1v) is 10.6. The van der Waals surface area contributed by atoms with Gasteiger partial charge >= 0.3 is 26.2 Å². The van der Waals surface area contributed by atoms with Crippen LogP contribution in [0.5, 0.6) is 0 Å². The summed E-state index contributed by atoms with van der Waals surface area (Å²) in [7, 11) is 0. The van der Waals surface area contributed by atoms with Crippen LogP contribution >= 0.6 is 0 Å². The molecule has 0 fully saturated rings. The van der Waals surface area contributed by atoms with Gasteiger partial charge in [-0.25, -0.2) is 0 Å². The Balaban J connectivity index is -0.000000107. The third kappa shape index (κ3) is 53.5. The van der Waals surface area contributed by atoms with Crippen molar-refractivity contribution >= 4 is 35.3 Å². The molecule has 0 amide bonds. The second-order valence-corrected chi connectivity index (χ2v) is 6.57. The summed E-state index contributed by atoms with van der Waals surface area (Å²) in [4.78, 5) is 60.6. The zero-order chi connectivity index (χ0) is 25.9. The molecule has 10 nitrogen and oxygen atoms in total. The molecule has 0 spiro atoms. The van der Waals surface area contributed by atoms with E-state index in [1.807, 2.05) is 27.7 Å². The van der Waals surface area contributed by atoms with E-state index in [2.05, 4.69) is 0 Å². The van der Waals surface area contributed by atoms with E-state index in [0.717, 1.165) is 12.8 Å². The van der Waals surface area contributed by atoms with Gasteiger partial charge in [0.05, 0.1) is 0 Å². The molecule has 0 aliphatic rings. The number of hydrogen-bond acceptors (Lipinski definition) is 10. The number of carboxylic acid groups (broad SMARTS) is 3. The van der Waals surface area contributed by atoms with E-state index in [1.165, 1.54) is 0 Å². The predicted octanol–water partition coefficient (Wildman–Crippen LogP) is -1.37. The fraction of sp³-hybridized carbons (Fsp3) is 0.727. The quantitative estimate of drug-likeness (QED) is 0.232. The summed E-state index contributed by atoms with van der Waals surface area (Å²) in [6.45, 7) is 7.59. The average molecular weight is 552 g/mol. The van der Waals surface area contributed by atoms with Crippen LogP contribution in [0.25, 0.3) is 0 Å². The second kappa shape index (κ2) is 32.4. The van der Waals surface area contributed by atoms with Crippen molar-refractivity contribution in [3.05, 3.63) is 0 Å². The maximum absolute atomic E-state index is 10.4. The second-order valence-electron chi connectivity index (χ2n) is 6.57. The van der Waals surface area contributed by atoms with Crippen LogP contribution in [0.3, 0.4) is 0 Å². The number of carboxylic acids is 3. The smallest absolute Gasteiger partial charge is 0.854 e. The van der Waals surface area contributed by atoms with Crippen LogP contribution in [0.4, 0.5) is 0 Å². The summed E-state index contributed by atoms with van der Waals surface area (Å²) in [5, 5.41) is 38.8. The molecule has 0 bridgehead atoms. The van der Waals surface area contributed by atoms with E-state index < -0.39 is 37.2 Å². The molecule has 188 valence electrons. The summed E-state index contributed by atoms with van der Waals surface area (Å²) in [5.41, 5.74) is 0. The van der Waals surface area contributed by atoms with Crippen LogP contribution in [0.2, 0.25) is 0 Å². The Bertz CT molecular complexity index is 474. The summed E-state index contributed by atoms with van der Waals surface area (Å²) in [6.07, 6.45) is 3.68. The van der Waals surface area contributed by atoms with E-state index in [4.69, 9.17) is 0 Å². The first-order chi connectivity index (χ1) is 14.9. The van der Waals surface area contributed by atoms with Crippen LogP contribution in [0.1, 0.15) is 98.3 Å². The first-order valence-electron chi connectivity index (χ1n) is 10.6. The number of Topliss-reactive ketones (excluding diaryl/α,β-unsaturated/α-hetero) is 3. The monoisotopic (exact) mass is 550 g/mol. The van der Waals surface area contributed by atoms with Crippen molar-refractivity contribution in [2.75, 3.05) is 6.61 Å². The minimum atomic E-state index is -1.28. The van der Waals surface area contributed by atoms with E-state index in [9.17, 15) is 49.2 Å². The Hall–Kier alpha value is -1.74. The Kier molecular flexibility index (Phi) is 40.8. The summed E-state index contributed by atoms with van der Waals surface area (Å²) < 4.78 is 0. The van der Waals surface area contributed by atoms with E-state index in [0.29, 0.717) is 38.5 Å². The van der Waals surface area contributed by atoms with Crippen LogP contribution in [-0.4, -0.2) is 41.9 Å². The number of hydrogen-bond donors (Lipinski definition) is 0. The number of carbonyl (C=O) groups excluding carboxylic acids is 6. The van der Waals surface area contributed by atoms with Crippen molar-refractivity contribution in [1.29, 1.82) is 0 Å². The van der Waals surface area contributed by atoms with Gasteiger partial charge in [-0.3, -0.25) is 14.4 Å². The molecule has 0 saturated heterocycles. The number of rotatable bonds is 14. The molecular formula is C22H36O10Zr. The van der Waals surface area contributed by atoms with Crippen molar-refractivity contribution in [3.8, 4) is 0 Å². The normalized spacial score (nSPS) is 8.64. The molecule has 0 N–H and O–H groups in total. The van der Waals surface area contributed by atoms with Gasteiger partial charge in [-0.15, -0.1) is 6.61 Å². The minimum absolute atomic E-state index is 0. The number of unbranched alkanes of at least 4 members (excludes halogenated alkanes) is 1. The summed E-state index contributed by atoms with van der Waals surface area (Å²) in [6, 6.07) is 0. The van der Waals surface area contributed by atoms with Crippen molar-refractivity contribution in [2.45, 2.75) is 98.3 Å². The Morgan fingerprint density at radius 3 is 0.848 bits per heavy atom. The van der Waals surface area contributed by atoms with Crippen LogP contribution in [0, 0.1) is 0 Å². The van der Waals surface area contributed by atoms with E-state index >= 15 is 0 Å².